The van der Waals surface area contributed by atoms with Gasteiger partial charge in [-0.25, -0.2) is 4.79 Å². The molecule has 2 heterocycles. The molecule has 1 aliphatic rings. The number of hydrogen-bond acceptors (Lipinski definition) is 2. The van der Waals surface area contributed by atoms with E-state index in [4.69, 9.17) is 4.42 Å². The molecule has 1 aromatic heterocycles. The molecule has 0 bridgehead atoms. The van der Waals surface area contributed by atoms with E-state index in [1.165, 1.54) is 0 Å². The molecule has 1 unspecified atom stereocenters. The molecule has 1 aliphatic heterocycles. The average molecular weight is 222 g/mol. The lowest BCUT2D eigenvalue weighted by Crippen LogP contribution is -2.50. The monoisotopic (exact) mass is 222 g/mol. The Bertz CT molecular complexity index is 335. The van der Waals surface area contributed by atoms with Crippen molar-refractivity contribution in [2.45, 2.75) is 32.2 Å². The van der Waals surface area contributed by atoms with Gasteiger partial charge in [-0.3, -0.25) is 0 Å². The third kappa shape index (κ3) is 2.56. The molecule has 1 aromatic rings. The number of furan rings is 1. The molecule has 1 atom stereocenters. The van der Waals surface area contributed by atoms with E-state index < -0.39 is 0 Å². The van der Waals surface area contributed by atoms with Crippen LogP contribution in [-0.2, 0) is 6.42 Å². The molecule has 1 N–H and O–H groups in total. The standard InChI is InChI=1S/C12H18N2O2/c1-10(5-6-11-4-2-9-16-11)14-8-3-7-13-12(14)15/h2,4,9-10H,3,5-8H2,1H3,(H,13,15). The maximum absolute atomic E-state index is 11.6. The highest BCUT2D eigenvalue weighted by Gasteiger charge is 2.22. The van der Waals surface area contributed by atoms with Gasteiger partial charge in [0, 0.05) is 25.6 Å². The normalized spacial score (nSPS) is 18.3. The van der Waals surface area contributed by atoms with Crippen molar-refractivity contribution in [2.75, 3.05) is 13.1 Å². The van der Waals surface area contributed by atoms with Crippen molar-refractivity contribution in [3.63, 3.8) is 0 Å². The molecule has 0 aliphatic carbocycles. The van der Waals surface area contributed by atoms with Crippen LogP contribution in [0.3, 0.4) is 0 Å². The first kappa shape index (κ1) is 11.0. The van der Waals surface area contributed by atoms with E-state index in [0.717, 1.165) is 38.1 Å². The van der Waals surface area contributed by atoms with Crippen molar-refractivity contribution < 1.29 is 9.21 Å². The smallest absolute Gasteiger partial charge is 0.317 e. The minimum absolute atomic E-state index is 0.0678. The van der Waals surface area contributed by atoms with Gasteiger partial charge in [0.15, 0.2) is 0 Å². The zero-order chi connectivity index (χ0) is 11.4. The molecule has 88 valence electrons. The summed E-state index contributed by atoms with van der Waals surface area (Å²) in [5.41, 5.74) is 0. The Kier molecular flexibility index (Phi) is 3.49. The molecule has 16 heavy (non-hydrogen) atoms. The predicted octanol–water partition coefficient (Wildman–Crippen LogP) is 2.02. The summed E-state index contributed by atoms with van der Waals surface area (Å²) < 4.78 is 5.28. The Morgan fingerprint density at radius 1 is 1.62 bits per heavy atom. The number of nitrogens with one attached hydrogen (secondary N) is 1. The molecule has 0 radical (unpaired) electrons. The van der Waals surface area contributed by atoms with E-state index in [1.807, 2.05) is 17.0 Å². The van der Waals surface area contributed by atoms with Crippen LogP contribution >= 0.6 is 0 Å². The number of carbonyl (C=O) groups is 1. The summed E-state index contributed by atoms with van der Waals surface area (Å²) in [4.78, 5) is 13.5. The minimum atomic E-state index is 0.0678. The molecule has 4 nitrogen and oxygen atoms in total. The van der Waals surface area contributed by atoms with E-state index in [0.29, 0.717) is 0 Å². The first-order valence-electron chi connectivity index (χ1n) is 5.84. The van der Waals surface area contributed by atoms with Crippen LogP contribution in [-0.4, -0.2) is 30.1 Å². The Balaban J connectivity index is 1.82. The molecule has 2 rings (SSSR count). The highest BCUT2D eigenvalue weighted by molar-refractivity contribution is 5.75. The number of aryl methyl sites for hydroxylation is 1. The average Bonchev–Trinajstić information content (AvgIpc) is 2.79. The molecule has 1 saturated heterocycles. The lowest BCUT2D eigenvalue weighted by atomic mass is 10.1. The van der Waals surface area contributed by atoms with Crippen molar-refractivity contribution in [1.29, 1.82) is 0 Å². The van der Waals surface area contributed by atoms with Crippen molar-refractivity contribution in [2.24, 2.45) is 0 Å². The van der Waals surface area contributed by atoms with Crippen molar-refractivity contribution >= 4 is 6.03 Å². The van der Waals surface area contributed by atoms with Gasteiger partial charge in [0.1, 0.15) is 5.76 Å². The van der Waals surface area contributed by atoms with Crippen LogP contribution in [0.5, 0.6) is 0 Å². The van der Waals surface area contributed by atoms with Gasteiger partial charge in [0.25, 0.3) is 0 Å². The van der Waals surface area contributed by atoms with Gasteiger partial charge in [-0.1, -0.05) is 0 Å². The second-order valence-electron chi connectivity index (χ2n) is 4.25. The highest BCUT2D eigenvalue weighted by Crippen LogP contribution is 2.12. The fourth-order valence-corrected chi connectivity index (χ4v) is 2.03. The zero-order valence-corrected chi connectivity index (χ0v) is 9.61. The summed E-state index contributed by atoms with van der Waals surface area (Å²) in [6.07, 6.45) is 4.56. The Morgan fingerprint density at radius 2 is 2.50 bits per heavy atom. The summed E-state index contributed by atoms with van der Waals surface area (Å²) in [6.45, 7) is 3.76. The van der Waals surface area contributed by atoms with Crippen LogP contribution in [0.25, 0.3) is 0 Å². The molecule has 0 saturated carbocycles. The van der Waals surface area contributed by atoms with E-state index in [2.05, 4.69) is 12.2 Å². The summed E-state index contributed by atoms with van der Waals surface area (Å²) in [5.74, 6) is 0.990. The van der Waals surface area contributed by atoms with E-state index in [9.17, 15) is 4.79 Å². The van der Waals surface area contributed by atoms with E-state index in [-0.39, 0.29) is 12.1 Å². The van der Waals surface area contributed by atoms with Crippen molar-refractivity contribution in [1.82, 2.24) is 10.2 Å². The van der Waals surface area contributed by atoms with Crippen molar-refractivity contribution in [3.8, 4) is 0 Å². The van der Waals surface area contributed by atoms with E-state index in [1.54, 1.807) is 6.26 Å². The number of carbonyl (C=O) groups excluding carboxylic acids is 1. The summed E-state index contributed by atoms with van der Waals surface area (Å²) in [7, 11) is 0. The van der Waals surface area contributed by atoms with Crippen LogP contribution in [0, 0.1) is 0 Å². The third-order valence-electron chi connectivity index (χ3n) is 3.03. The summed E-state index contributed by atoms with van der Waals surface area (Å²) >= 11 is 0. The SMILES string of the molecule is CC(CCc1ccco1)N1CCCNC1=O. The van der Waals surface area contributed by atoms with Gasteiger partial charge in [0.05, 0.1) is 6.26 Å². The summed E-state index contributed by atoms with van der Waals surface area (Å²) in [5, 5.41) is 2.87. The number of hydrogen-bond donors (Lipinski definition) is 1. The zero-order valence-electron chi connectivity index (χ0n) is 9.61. The van der Waals surface area contributed by atoms with Crippen molar-refractivity contribution in [3.05, 3.63) is 24.2 Å². The molecule has 1 fully saturated rings. The number of rotatable bonds is 4. The van der Waals surface area contributed by atoms with Gasteiger partial charge in [0.2, 0.25) is 0 Å². The van der Waals surface area contributed by atoms with Gasteiger partial charge in [-0.15, -0.1) is 0 Å². The Labute approximate surface area is 95.6 Å². The molecule has 2 amide bonds. The van der Waals surface area contributed by atoms with Crippen LogP contribution in [0.4, 0.5) is 4.79 Å². The quantitative estimate of drug-likeness (QED) is 0.847. The van der Waals surface area contributed by atoms with Crippen LogP contribution < -0.4 is 5.32 Å². The Morgan fingerprint density at radius 3 is 3.19 bits per heavy atom. The van der Waals surface area contributed by atoms with Gasteiger partial charge >= 0.3 is 6.03 Å². The first-order chi connectivity index (χ1) is 7.77. The fraction of sp³-hybridized carbons (Fsp3) is 0.583. The van der Waals surface area contributed by atoms with Crippen LogP contribution in [0.2, 0.25) is 0 Å². The second-order valence-corrected chi connectivity index (χ2v) is 4.25. The van der Waals surface area contributed by atoms with E-state index >= 15 is 0 Å². The third-order valence-corrected chi connectivity index (χ3v) is 3.03. The maximum atomic E-state index is 11.6. The molecule has 4 heteroatoms. The fourth-order valence-electron chi connectivity index (χ4n) is 2.03. The van der Waals surface area contributed by atoms with Gasteiger partial charge in [-0.05, 0) is 31.9 Å². The highest BCUT2D eigenvalue weighted by atomic mass is 16.3. The number of urea groups is 1. The lowest BCUT2D eigenvalue weighted by Gasteiger charge is -2.32. The summed E-state index contributed by atoms with van der Waals surface area (Å²) in [6, 6.07) is 4.21. The Hall–Kier alpha value is -1.45. The molecular formula is C12H18N2O2. The van der Waals surface area contributed by atoms with Gasteiger partial charge in [-0.2, -0.15) is 0 Å². The molecular weight excluding hydrogens is 204 g/mol. The van der Waals surface area contributed by atoms with Crippen LogP contribution in [0.1, 0.15) is 25.5 Å². The topological polar surface area (TPSA) is 45.5 Å². The number of amides is 2. The predicted molar refractivity (Wildman–Crippen MR) is 61.2 cm³/mol. The number of nitrogens with zero attached hydrogens (tertiary/aromatic N) is 1. The maximum Gasteiger partial charge on any atom is 0.317 e. The van der Waals surface area contributed by atoms with Crippen LogP contribution in [0.15, 0.2) is 22.8 Å². The lowest BCUT2D eigenvalue weighted by molar-refractivity contribution is 0.162. The minimum Gasteiger partial charge on any atom is -0.469 e. The van der Waals surface area contributed by atoms with Gasteiger partial charge < -0.3 is 14.6 Å². The largest absolute Gasteiger partial charge is 0.469 e. The second kappa shape index (κ2) is 5.05. The molecule has 0 aromatic carbocycles. The molecule has 0 spiro atoms. The first-order valence-corrected chi connectivity index (χ1v) is 5.84.